The number of nitrogens with zero attached hydrogens (tertiary/aromatic N) is 2. The summed E-state index contributed by atoms with van der Waals surface area (Å²) in [7, 11) is 1.59. The third kappa shape index (κ3) is 9.20. The van der Waals surface area contributed by atoms with Crippen molar-refractivity contribution in [2.24, 2.45) is 4.99 Å². The quantitative estimate of drug-likeness (QED) is 0.203. The van der Waals surface area contributed by atoms with Crippen LogP contribution in [-0.2, 0) is 0 Å². The van der Waals surface area contributed by atoms with Crippen LogP contribution in [0.3, 0.4) is 0 Å². The zero-order valence-electron chi connectivity index (χ0n) is 17.9. The highest BCUT2D eigenvalue weighted by Gasteiger charge is 2.19. The molecule has 29 heavy (non-hydrogen) atoms. The fourth-order valence-electron chi connectivity index (χ4n) is 3.33. The van der Waals surface area contributed by atoms with Crippen LogP contribution in [0.25, 0.3) is 0 Å². The molecule has 164 valence electrons. The number of likely N-dealkylation sites (tertiary alicyclic amines) is 1. The van der Waals surface area contributed by atoms with Gasteiger partial charge in [0.2, 0.25) is 0 Å². The predicted molar refractivity (Wildman–Crippen MR) is 130 cm³/mol. The zero-order valence-corrected chi connectivity index (χ0v) is 20.2. The molecule has 1 aliphatic rings. The van der Waals surface area contributed by atoms with Gasteiger partial charge < -0.3 is 25.6 Å². The van der Waals surface area contributed by atoms with Crippen molar-refractivity contribution in [3.8, 4) is 5.75 Å². The lowest BCUT2D eigenvalue weighted by molar-refractivity contribution is 0.0954. The average Bonchev–Trinajstić information content (AvgIpc) is 2.72. The van der Waals surface area contributed by atoms with Crippen LogP contribution in [0, 0.1) is 0 Å². The number of rotatable bonds is 9. The van der Waals surface area contributed by atoms with Gasteiger partial charge in [-0.15, -0.1) is 24.0 Å². The Labute approximate surface area is 192 Å². The lowest BCUT2D eigenvalue weighted by atomic mass is 10.1. The molecule has 0 bridgehead atoms. The summed E-state index contributed by atoms with van der Waals surface area (Å²) < 4.78 is 5.16. The van der Waals surface area contributed by atoms with Gasteiger partial charge in [-0.25, -0.2) is 0 Å². The summed E-state index contributed by atoms with van der Waals surface area (Å²) in [5.74, 6) is 1.39. The maximum Gasteiger partial charge on any atom is 0.251 e. The first-order valence-electron chi connectivity index (χ1n) is 10.4. The molecular weight excluding hydrogens is 481 g/mol. The number of amides is 1. The van der Waals surface area contributed by atoms with E-state index in [9.17, 15) is 4.79 Å². The minimum absolute atomic E-state index is 0. The van der Waals surface area contributed by atoms with E-state index < -0.39 is 0 Å². The summed E-state index contributed by atoms with van der Waals surface area (Å²) >= 11 is 0. The maximum atomic E-state index is 12.2. The minimum Gasteiger partial charge on any atom is -0.497 e. The predicted octanol–water partition coefficient (Wildman–Crippen LogP) is 2.47. The number of hydrogen-bond acceptors (Lipinski definition) is 4. The Hall–Kier alpha value is -1.55. The molecule has 0 aliphatic carbocycles. The summed E-state index contributed by atoms with van der Waals surface area (Å²) in [6.45, 7) is 9.59. The fraction of sp³-hybridized carbons (Fsp3) is 0.619. The molecule has 1 fully saturated rings. The Morgan fingerprint density at radius 3 is 2.66 bits per heavy atom. The number of hydrogen-bond donors (Lipinski definition) is 3. The van der Waals surface area contributed by atoms with E-state index in [1.54, 1.807) is 19.2 Å². The van der Waals surface area contributed by atoms with Crippen LogP contribution in [-0.4, -0.2) is 69.2 Å². The summed E-state index contributed by atoms with van der Waals surface area (Å²) in [5, 5.41) is 9.74. The topological polar surface area (TPSA) is 78.0 Å². The number of nitrogens with one attached hydrogen (secondary N) is 3. The van der Waals surface area contributed by atoms with Crippen LogP contribution in [0.15, 0.2) is 29.3 Å². The van der Waals surface area contributed by atoms with Gasteiger partial charge in [-0.3, -0.25) is 9.79 Å². The third-order valence-electron chi connectivity index (χ3n) is 4.81. The summed E-state index contributed by atoms with van der Waals surface area (Å²) in [5.41, 5.74) is 0.590. The number of ether oxygens (including phenoxy) is 1. The molecule has 1 aliphatic heterocycles. The normalized spacial score (nSPS) is 15.3. The standard InChI is InChI=1S/C21H35N5O2.HI/c1-4-13-26-14-9-18(10-15-26)25-21(22-5-2)24-12-11-23-20(27)17-7-6-8-19(16-17)28-3;/h6-8,16,18H,4-5,9-15H2,1-3H3,(H,23,27)(H2,22,24,25);1H. The van der Waals surface area contributed by atoms with Gasteiger partial charge in [-0.1, -0.05) is 13.0 Å². The molecule has 0 atom stereocenters. The van der Waals surface area contributed by atoms with Crippen molar-refractivity contribution in [3.63, 3.8) is 0 Å². The van der Waals surface area contributed by atoms with Gasteiger partial charge in [0.05, 0.1) is 13.7 Å². The molecule has 2 rings (SSSR count). The third-order valence-corrected chi connectivity index (χ3v) is 4.81. The van der Waals surface area contributed by atoms with Gasteiger partial charge in [-0.2, -0.15) is 0 Å². The molecule has 8 heteroatoms. The minimum atomic E-state index is -0.115. The Kier molecular flexibility index (Phi) is 12.7. The van der Waals surface area contributed by atoms with Gasteiger partial charge in [0.15, 0.2) is 5.96 Å². The molecule has 1 amide bonds. The smallest absolute Gasteiger partial charge is 0.251 e. The van der Waals surface area contributed by atoms with Gasteiger partial charge in [-0.05, 0) is 50.9 Å². The lowest BCUT2D eigenvalue weighted by Crippen LogP contribution is -2.49. The first kappa shape index (κ1) is 25.5. The van der Waals surface area contributed by atoms with Crippen molar-refractivity contribution in [2.75, 3.05) is 46.4 Å². The second kappa shape index (κ2) is 14.4. The maximum absolute atomic E-state index is 12.2. The number of benzene rings is 1. The average molecular weight is 517 g/mol. The van der Waals surface area contributed by atoms with Crippen LogP contribution in [0.5, 0.6) is 5.75 Å². The van der Waals surface area contributed by atoms with E-state index >= 15 is 0 Å². The molecule has 0 spiro atoms. The van der Waals surface area contributed by atoms with Crippen molar-refractivity contribution in [1.82, 2.24) is 20.9 Å². The Balaban J connectivity index is 0.00000420. The Morgan fingerprint density at radius 1 is 1.24 bits per heavy atom. The van der Waals surface area contributed by atoms with Crippen molar-refractivity contribution in [1.29, 1.82) is 0 Å². The Morgan fingerprint density at radius 2 is 2.00 bits per heavy atom. The number of carbonyl (C=O) groups is 1. The zero-order chi connectivity index (χ0) is 20.2. The SMILES string of the molecule is CCCN1CCC(NC(=NCCNC(=O)c2cccc(OC)c2)NCC)CC1.I. The molecule has 1 aromatic carbocycles. The van der Waals surface area contributed by atoms with Gasteiger partial charge >= 0.3 is 0 Å². The van der Waals surface area contributed by atoms with Gasteiger partial charge in [0.1, 0.15) is 5.75 Å². The number of halogens is 1. The molecule has 0 radical (unpaired) electrons. The monoisotopic (exact) mass is 517 g/mol. The van der Waals surface area contributed by atoms with Gasteiger partial charge in [0.25, 0.3) is 5.91 Å². The highest BCUT2D eigenvalue weighted by atomic mass is 127. The number of piperidine rings is 1. The second-order valence-electron chi connectivity index (χ2n) is 7.01. The highest BCUT2D eigenvalue weighted by Crippen LogP contribution is 2.12. The van der Waals surface area contributed by atoms with E-state index in [0.717, 1.165) is 38.4 Å². The van der Waals surface area contributed by atoms with Crippen LogP contribution < -0.4 is 20.7 Å². The van der Waals surface area contributed by atoms with Crippen molar-refractivity contribution in [2.45, 2.75) is 39.2 Å². The number of aliphatic imine (C=N–C) groups is 1. The molecule has 7 nitrogen and oxygen atoms in total. The molecule has 0 saturated carbocycles. The van der Waals surface area contributed by atoms with Crippen LogP contribution in [0.4, 0.5) is 0 Å². The summed E-state index contributed by atoms with van der Waals surface area (Å²) in [6.07, 6.45) is 3.48. The summed E-state index contributed by atoms with van der Waals surface area (Å²) in [4.78, 5) is 19.4. The van der Waals surface area contributed by atoms with Crippen LogP contribution in [0.1, 0.15) is 43.5 Å². The van der Waals surface area contributed by atoms with E-state index in [1.165, 1.54) is 13.0 Å². The summed E-state index contributed by atoms with van der Waals surface area (Å²) in [6, 6.07) is 7.59. The highest BCUT2D eigenvalue weighted by molar-refractivity contribution is 14.0. The molecule has 0 unspecified atom stereocenters. The van der Waals surface area contributed by atoms with E-state index in [1.807, 2.05) is 12.1 Å². The lowest BCUT2D eigenvalue weighted by Gasteiger charge is -2.32. The van der Waals surface area contributed by atoms with Crippen molar-refractivity contribution < 1.29 is 9.53 Å². The van der Waals surface area contributed by atoms with Crippen molar-refractivity contribution >= 4 is 35.8 Å². The molecule has 3 N–H and O–H groups in total. The number of carbonyl (C=O) groups excluding carboxylic acids is 1. The first-order valence-corrected chi connectivity index (χ1v) is 10.4. The molecule has 0 aromatic heterocycles. The number of guanidine groups is 1. The molecule has 1 aromatic rings. The van der Waals surface area contributed by atoms with Crippen LogP contribution in [0.2, 0.25) is 0 Å². The van der Waals surface area contributed by atoms with E-state index in [-0.39, 0.29) is 29.9 Å². The van der Waals surface area contributed by atoms with E-state index in [0.29, 0.717) is 30.4 Å². The van der Waals surface area contributed by atoms with E-state index in [4.69, 9.17) is 4.74 Å². The Bertz CT molecular complexity index is 633. The van der Waals surface area contributed by atoms with E-state index in [2.05, 4.69) is 39.7 Å². The van der Waals surface area contributed by atoms with Gasteiger partial charge in [0, 0.05) is 37.8 Å². The second-order valence-corrected chi connectivity index (χ2v) is 7.01. The van der Waals surface area contributed by atoms with Crippen molar-refractivity contribution in [3.05, 3.63) is 29.8 Å². The molecule has 1 heterocycles. The fourth-order valence-corrected chi connectivity index (χ4v) is 3.33. The first-order chi connectivity index (χ1) is 13.7. The molecule has 1 saturated heterocycles. The number of methoxy groups -OCH3 is 1. The largest absolute Gasteiger partial charge is 0.497 e. The molecular formula is C21H36IN5O2. The van der Waals surface area contributed by atoms with Crippen LogP contribution >= 0.6 is 24.0 Å².